The minimum Gasteiger partial charge on any atom is -0.371 e. The normalized spacial score (nSPS) is 17.7. The number of anilines is 1. The van der Waals surface area contributed by atoms with Crippen molar-refractivity contribution in [2.45, 2.75) is 25.7 Å². The highest BCUT2D eigenvalue weighted by Gasteiger charge is 2.28. The Labute approximate surface area is 189 Å². The molecular formula is C24H24BrFN4O. The molecule has 2 heterocycles. The number of rotatable bonds is 5. The fourth-order valence-corrected chi connectivity index (χ4v) is 5.03. The molecule has 1 aliphatic carbocycles. The molecule has 31 heavy (non-hydrogen) atoms. The van der Waals surface area contributed by atoms with Gasteiger partial charge in [-0.05, 0) is 74.1 Å². The summed E-state index contributed by atoms with van der Waals surface area (Å²) in [5, 5.41) is 7.73. The zero-order valence-electron chi connectivity index (χ0n) is 17.2. The number of nitrogens with zero attached hydrogens (tertiary/aromatic N) is 3. The zero-order chi connectivity index (χ0) is 21.4. The van der Waals surface area contributed by atoms with Crippen LogP contribution in [0.15, 0.2) is 53.0 Å². The summed E-state index contributed by atoms with van der Waals surface area (Å²) < 4.78 is 16.2. The van der Waals surface area contributed by atoms with Crippen molar-refractivity contribution in [1.82, 2.24) is 15.1 Å². The number of carbonyl (C=O) groups is 1. The highest BCUT2D eigenvalue weighted by atomic mass is 79.9. The number of hydrogen-bond donors (Lipinski definition) is 1. The maximum Gasteiger partial charge on any atom is 0.272 e. The van der Waals surface area contributed by atoms with E-state index in [4.69, 9.17) is 0 Å². The van der Waals surface area contributed by atoms with Crippen molar-refractivity contribution in [2.75, 3.05) is 24.5 Å². The molecule has 0 bridgehead atoms. The third-order valence-corrected chi connectivity index (χ3v) is 6.72. The SMILES string of the molecule is O=C(NCC1CCN(c2cccc(Br)c2)C1)c1nn(-c2ccc(F)cc2)c2c1CCC2. The van der Waals surface area contributed by atoms with Gasteiger partial charge in [-0.2, -0.15) is 5.10 Å². The molecule has 1 unspecified atom stereocenters. The molecule has 3 aromatic rings. The predicted molar refractivity (Wildman–Crippen MR) is 122 cm³/mol. The van der Waals surface area contributed by atoms with E-state index in [2.05, 4.69) is 43.4 Å². The summed E-state index contributed by atoms with van der Waals surface area (Å²) in [6.45, 7) is 2.56. The van der Waals surface area contributed by atoms with E-state index in [1.807, 2.05) is 12.1 Å². The number of benzene rings is 2. The number of halogens is 2. The van der Waals surface area contributed by atoms with E-state index in [0.717, 1.165) is 60.2 Å². The summed E-state index contributed by atoms with van der Waals surface area (Å²) in [5.41, 5.74) is 4.61. The topological polar surface area (TPSA) is 50.2 Å². The fourth-order valence-electron chi connectivity index (χ4n) is 4.64. The third-order valence-electron chi connectivity index (χ3n) is 6.23. The lowest BCUT2D eigenvalue weighted by atomic mass is 10.1. The van der Waals surface area contributed by atoms with Gasteiger partial charge >= 0.3 is 0 Å². The van der Waals surface area contributed by atoms with Crippen LogP contribution in [0.5, 0.6) is 0 Å². The van der Waals surface area contributed by atoms with E-state index in [1.54, 1.807) is 16.8 Å². The van der Waals surface area contributed by atoms with E-state index in [9.17, 15) is 9.18 Å². The highest BCUT2D eigenvalue weighted by Crippen LogP contribution is 2.29. The summed E-state index contributed by atoms with van der Waals surface area (Å²) in [6, 6.07) is 14.6. The molecule has 1 amide bonds. The van der Waals surface area contributed by atoms with Crippen molar-refractivity contribution in [3.8, 4) is 5.69 Å². The van der Waals surface area contributed by atoms with Crippen molar-refractivity contribution in [1.29, 1.82) is 0 Å². The Morgan fingerprint density at radius 1 is 1.16 bits per heavy atom. The number of hydrogen-bond acceptors (Lipinski definition) is 3. The molecule has 5 nitrogen and oxygen atoms in total. The molecule has 1 saturated heterocycles. The molecule has 2 aliphatic rings. The second-order valence-electron chi connectivity index (χ2n) is 8.31. The summed E-state index contributed by atoms with van der Waals surface area (Å²) >= 11 is 3.54. The molecular weight excluding hydrogens is 459 g/mol. The van der Waals surface area contributed by atoms with Crippen molar-refractivity contribution in [2.24, 2.45) is 5.92 Å². The van der Waals surface area contributed by atoms with E-state index >= 15 is 0 Å². The van der Waals surface area contributed by atoms with Gasteiger partial charge in [-0.3, -0.25) is 4.79 Å². The average molecular weight is 483 g/mol. The Kier molecular flexibility index (Phi) is 5.52. The van der Waals surface area contributed by atoms with Gasteiger partial charge in [-0.1, -0.05) is 22.0 Å². The minimum absolute atomic E-state index is 0.111. The van der Waals surface area contributed by atoms with Gasteiger partial charge in [0.15, 0.2) is 5.69 Å². The Hall–Kier alpha value is -2.67. The first-order chi connectivity index (χ1) is 15.1. The van der Waals surface area contributed by atoms with Crippen LogP contribution >= 0.6 is 15.9 Å². The van der Waals surface area contributed by atoms with Gasteiger partial charge in [0.25, 0.3) is 5.91 Å². The van der Waals surface area contributed by atoms with Gasteiger partial charge in [0.05, 0.1) is 5.69 Å². The summed E-state index contributed by atoms with van der Waals surface area (Å²) in [4.78, 5) is 15.4. The van der Waals surface area contributed by atoms with E-state index in [-0.39, 0.29) is 11.7 Å². The predicted octanol–water partition coefficient (Wildman–Crippen LogP) is 4.52. The van der Waals surface area contributed by atoms with E-state index in [0.29, 0.717) is 18.2 Å². The molecule has 1 atom stereocenters. The minimum atomic E-state index is -0.279. The Morgan fingerprint density at radius 3 is 2.81 bits per heavy atom. The molecule has 5 rings (SSSR count). The highest BCUT2D eigenvalue weighted by molar-refractivity contribution is 9.10. The number of carbonyl (C=O) groups excluding carboxylic acids is 1. The zero-order valence-corrected chi connectivity index (χ0v) is 18.7. The maximum absolute atomic E-state index is 13.3. The van der Waals surface area contributed by atoms with Crippen molar-refractivity contribution < 1.29 is 9.18 Å². The summed E-state index contributed by atoms with van der Waals surface area (Å²) in [5.74, 6) is 0.0223. The maximum atomic E-state index is 13.3. The lowest BCUT2D eigenvalue weighted by molar-refractivity contribution is 0.0942. The third kappa shape index (κ3) is 4.11. The smallest absolute Gasteiger partial charge is 0.272 e. The largest absolute Gasteiger partial charge is 0.371 e. The molecule has 0 radical (unpaired) electrons. The van der Waals surface area contributed by atoms with Crippen LogP contribution in [-0.2, 0) is 12.8 Å². The standard InChI is InChI=1S/C24H24BrFN4O/c25-17-3-1-4-20(13-17)29-12-11-16(15-29)14-27-24(31)23-21-5-2-6-22(21)30(28-23)19-9-7-18(26)8-10-19/h1,3-4,7-10,13,16H,2,5-6,11-12,14-15H2,(H,27,31). The van der Waals surface area contributed by atoms with Crippen LogP contribution in [0.25, 0.3) is 5.69 Å². The summed E-state index contributed by atoms with van der Waals surface area (Å²) in [6.07, 6.45) is 3.81. The molecule has 2 aromatic carbocycles. The second kappa shape index (κ2) is 8.46. The average Bonchev–Trinajstić information content (AvgIpc) is 3.49. The van der Waals surface area contributed by atoms with Crippen LogP contribution in [0, 0.1) is 11.7 Å². The molecule has 0 saturated carbocycles. The first kappa shape index (κ1) is 20.2. The number of fused-ring (bicyclic) bond motifs is 1. The van der Waals surface area contributed by atoms with Crippen LogP contribution in [0.2, 0.25) is 0 Å². The molecule has 1 N–H and O–H groups in total. The van der Waals surface area contributed by atoms with E-state index in [1.165, 1.54) is 17.8 Å². The molecule has 1 aromatic heterocycles. The first-order valence-electron chi connectivity index (χ1n) is 10.7. The van der Waals surface area contributed by atoms with Crippen LogP contribution in [0.3, 0.4) is 0 Å². The van der Waals surface area contributed by atoms with Gasteiger partial charge in [0.2, 0.25) is 0 Å². The lowest BCUT2D eigenvalue weighted by Crippen LogP contribution is -2.31. The Morgan fingerprint density at radius 2 is 2.00 bits per heavy atom. The fraction of sp³-hybridized carbons (Fsp3) is 0.333. The van der Waals surface area contributed by atoms with Gasteiger partial charge in [0, 0.05) is 41.1 Å². The molecule has 1 fully saturated rings. The molecule has 7 heteroatoms. The van der Waals surface area contributed by atoms with Crippen molar-refractivity contribution in [3.63, 3.8) is 0 Å². The van der Waals surface area contributed by atoms with Crippen molar-refractivity contribution in [3.05, 3.63) is 75.8 Å². The van der Waals surface area contributed by atoms with Crippen molar-refractivity contribution >= 4 is 27.5 Å². The quantitative estimate of drug-likeness (QED) is 0.581. The van der Waals surface area contributed by atoms with Gasteiger partial charge < -0.3 is 10.2 Å². The van der Waals surface area contributed by atoms with Crippen LogP contribution in [-0.4, -0.2) is 35.3 Å². The number of aromatic nitrogens is 2. The van der Waals surface area contributed by atoms with Crippen LogP contribution in [0.4, 0.5) is 10.1 Å². The molecule has 1 aliphatic heterocycles. The number of amides is 1. The second-order valence-corrected chi connectivity index (χ2v) is 9.22. The number of nitrogens with one attached hydrogen (secondary N) is 1. The Bertz CT molecular complexity index is 1110. The lowest BCUT2D eigenvalue weighted by Gasteiger charge is -2.19. The Balaban J connectivity index is 1.26. The molecule has 0 spiro atoms. The summed E-state index contributed by atoms with van der Waals surface area (Å²) in [7, 11) is 0. The van der Waals surface area contributed by atoms with Gasteiger partial charge in [0.1, 0.15) is 5.82 Å². The van der Waals surface area contributed by atoms with Crippen LogP contribution in [0.1, 0.15) is 34.6 Å². The molecule has 160 valence electrons. The van der Waals surface area contributed by atoms with E-state index < -0.39 is 0 Å². The van der Waals surface area contributed by atoms with Gasteiger partial charge in [-0.15, -0.1) is 0 Å². The van der Waals surface area contributed by atoms with Crippen LogP contribution < -0.4 is 10.2 Å². The first-order valence-corrected chi connectivity index (χ1v) is 11.5. The van der Waals surface area contributed by atoms with Gasteiger partial charge in [-0.25, -0.2) is 9.07 Å². The monoisotopic (exact) mass is 482 g/mol.